The fourth-order valence-electron chi connectivity index (χ4n) is 3.01. The summed E-state index contributed by atoms with van der Waals surface area (Å²) in [6.45, 7) is 4.07. The summed E-state index contributed by atoms with van der Waals surface area (Å²) in [6.07, 6.45) is 4.44. The van der Waals surface area contributed by atoms with Crippen molar-refractivity contribution in [1.82, 2.24) is 25.4 Å². The summed E-state index contributed by atoms with van der Waals surface area (Å²) >= 11 is 0. The van der Waals surface area contributed by atoms with E-state index in [-0.39, 0.29) is 36.1 Å². The second-order valence-corrected chi connectivity index (χ2v) is 6.28. The summed E-state index contributed by atoms with van der Waals surface area (Å²) in [5.41, 5.74) is 0.221. The number of benzene rings is 1. The first-order valence-corrected chi connectivity index (χ1v) is 9.04. The van der Waals surface area contributed by atoms with Crippen molar-refractivity contribution in [3.8, 4) is 0 Å². The topological polar surface area (TPSA) is 67.1 Å². The second kappa shape index (κ2) is 10.5. The third kappa shape index (κ3) is 5.85. The van der Waals surface area contributed by atoms with Crippen LogP contribution in [0, 0.1) is 11.6 Å². The van der Waals surface area contributed by atoms with Gasteiger partial charge in [-0.1, -0.05) is 6.42 Å². The fourth-order valence-corrected chi connectivity index (χ4v) is 3.01. The second-order valence-electron chi connectivity index (χ2n) is 6.28. The van der Waals surface area contributed by atoms with Crippen LogP contribution in [0.5, 0.6) is 0 Å². The number of hydrogen-bond donors (Lipinski definition) is 2. The van der Waals surface area contributed by atoms with Gasteiger partial charge in [0.05, 0.1) is 13.1 Å². The van der Waals surface area contributed by atoms with Crippen molar-refractivity contribution in [2.75, 3.05) is 6.54 Å². The Kier molecular flexibility index (Phi) is 8.39. The number of hydrogen-bond acceptors (Lipinski definition) is 3. The zero-order chi connectivity index (χ0) is 18.4. The van der Waals surface area contributed by atoms with E-state index in [1.54, 1.807) is 0 Å². The lowest BCUT2D eigenvalue weighted by Crippen LogP contribution is -2.37. The van der Waals surface area contributed by atoms with E-state index >= 15 is 0 Å². The lowest BCUT2D eigenvalue weighted by atomic mass is 10.2. The van der Waals surface area contributed by atoms with Crippen LogP contribution in [0.15, 0.2) is 23.2 Å². The molecule has 0 fully saturated rings. The van der Waals surface area contributed by atoms with Crippen molar-refractivity contribution < 1.29 is 8.78 Å². The Balaban J connectivity index is 0.00000261. The van der Waals surface area contributed by atoms with Crippen LogP contribution in [-0.2, 0) is 26.1 Å². The Bertz CT molecular complexity index is 777. The molecule has 3 rings (SSSR count). The minimum absolute atomic E-state index is 0. The van der Waals surface area contributed by atoms with E-state index in [2.05, 4.69) is 30.4 Å². The lowest BCUT2D eigenvalue weighted by molar-refractivity contribution is 0.584. The summed E-state index contributed by atoms with van der Waals surface area (Å²) in [6, 6.07) is 3.38. The Hall–Kier alpha value is -1.78. The summed E-state index contributed by atoms with van der Waals surface area (Å²) in [5, 5.41) is 14.9. The van der Waals surface area contributed by atoms with Crippen LogP contribution in [0.4, 0.5) is 8.78 Å². The molecule has 6 nitrogen and oxygen atoms in total. The normalized spacial score (nSPS) is 14.1. The summed E-state index contributed by atoms with van der Waals surface area (Å²) < 4.78 is 29.2. The van der Waals surface area contributed by atoms with Gasteiger partial charge in [0.15, 0.2) is 11.8 Å². The number of rotatable bonds is 5. The van der Waals surface area contributed by atoms with Crippen molar-refractivity contribution in [2.24, 2.45) is 4.99 Å². The molecule has 0 unspecified atom stereocenters. The third-order valence-electron chi connectivity index (χ3n) is 4.36. The molecule has 0 saturated heterocycles. The Labute approximate surface area is 174 Å². The number of halogens is 3. The number of aryl methyl sites for hydroxylation is 1. The average Bonchev–Trinajstić information content (AvgIpc) is 2.86. The molecule has 0 atom stereocenters. The number of nitrogens with one attached hydrogen (secondary N) is 2. The maximum atomic E-state index is 13.7. The lowest BCUT2D eigenvalue weighted by Gasteiger charge is -2.12. The fraction of sp³-hybridized carbons (Fsp3) is 0.500. The standard InChI is InChI=1S/C18H24F2N6.HI/c1-2-21-18(22-11-13-10-14(19)7-8-15(13)20)23-12-17-25-24-16-6-4-3-5-9-26(16)17;/h7-8,10H,2-6,9,11-12H2,1H3,(H2,21,22,23);1H. The van der Waals surface area contributed by atoms with Gasteiger partial charge in [0, 0.05) is 25.1 Å². The van der Waals surface area contributed by atoms with Crippen LogP contribution < -0.4 is 10.6 Å². The molecule has 0 radical (unpaired) electrons. The molecule has 2 N–H and O–H groups in total. The quantitative estimate of drug-likeness (QED) is 0.384. The number of aliphatic imine (C=N–C) groups is 1. The maximum absolute atomic E-state index is 13.7. The summed E-state index contributed by atoms with van der Waals surface area (Å²) in [4.78, 5) is 4.35. The van der Waals surface area contributed by atoms with Crippen molar-refractivity contribution in [2.45, 2.75) is 52.2 Å². The molecule has 0 amide bonds. The van der Waals surface area contributed by atoms with Crippen molar-refractivity contribution >= 4 is 29.9 Å². The number of fused-ring (bicyclic) bond motifs is 1. The molecule has 0 bridgehead atoms. The largest absolute Gasteiger partial charge is 0.357 e. The van der Waals surface area contributed by atoms with Crippen molar-refractivity contribution in [3.05, 3.63) is 47.0 Å². The number of aromatic nitrogens is 3. The van der Waals surface area contributed by atoms with Gasteiger partial charge in [0.2, 0.25) is 0 Å². The minimum Gasteiger partial charge on any atom is -0.357 e. The van der Waals surface area contributed by atoms with Gasteiger partial charge in [0.1, 0.15) is 17.5 Å². The molecule has 0 aliphatic carbocycles. The molecule has 0 spiro atoms. The molecule has 1 aliphatic heterocycles. The third-order valence-corrected chi connectivity index (χ3v) is 4.36. The predicted octanol–water partition coefficient (Wildman–Crippen LogP) is 3.16. The minimum atomic E-state index is -0.472. The Morgan fingerprint density at radius 2 is 2.04 bits per heavy atom. The molecular formula is C18H25F2IN6. The van der Waals surface area contributed by atoms with E-state index in [9.17, 15) is 8.78 Å². The molecule has 27 heavy (non-hydrogen) atoms. The van der Waals surface area contributed by atoms with Gasteiger partial charge in [-0.05, 0) is 38.0 Å². The summed E-state index contributed by atoms with van der Waals surface area (Å²) in [5.74, 6) is 1.49. The van der Waals surface area contributed by atoms with E-state index in [4.69, 9.17) is 0 Å². The first-order chi connectivity index (χ1) is 12.7. The first kappa shape index (κ1) is 21.5. The van der Waals surface area contributed by atoms with Crippen molar-refractivity contribution in [1.29, 1.82) is 0 Å². The molecule has 1 aliphatic rings. The van der Waals surface area contributed by atoms with Crippen LogP contribution in [0.1, 0.15) is 43.4 Å². The molecule has 1 aromatic heterocycles. The SMILES string of the molecule is CCNC(=NCc1cc(F)ccc1F)NCc1nnc2n1CCCCC2.I. The smallest absolute Gasteiger partial charge is 0.191 e. The molecule has 148 valence electrons. The highest BCUT2D eigenvalue weighted by Gasteiger charge is 2.14. The molecule has 1 aromatic carbocycles. The van der Waals surface area contributed by atoms with Gasteiger partial charge in [-0.3, -0.25) is 0 Å². The van der Waals surface area contributed by atoms with Gasteiger partial charge in [-0.2, -0.15) is 0 Å². The first-order valence-electron chi connectivity index (χ1n) is 9.04. The average molecular weight is 490 g/mol. The molecule has 2 aromatic rings. The van der Waals surface area contributed by atoms with Gasteiger partial charge >= 0.3 is 0 Å². The van der Waals surface area contributed by atoms with Gasteiger partial charge < -0.3 is 15.2 Å². The number of guanidine groups is 1. The van der Waals surface area contributed by atoms with Crippen LogP contribution in [0.3, 0.4) is 0 Å². The van der Waals surface area contributed by atoms with Crippen LogP contribution in [0.2, 0.25) is 0 Å². The zero-order valence-electron chi connectivity index (χ0n) is 15.3. The van der Waals surface area contributed by atoms with Crippen LogP contribution in [-0.4, -0.2) is 27.3 Å². The molecule has 2 heterocycles. The van der Waals surface area contributed by atoms with E-state index in [0.717, 1.165) is 49.6 Å². The number of nitrogens with zero attached hydrogens (tertiary/aromatic N) is 4. The monoisotopic (exact) mass is 490 g/mol. The summed E-state index contributed by atoms with van der Waals surface area (Å²) in [7, 11) is 0. The predicted molar refractivity (Wildman–Crippen MR) is 111 cm³/mol. The highest BCUT2D eigenvalue weighted by atomic mass is 127. The van der Waals surface area contributed by atoms with E-state index in [1.165, 1.54) is 12.5 Å². The van der Waals surface area contributed by atoms with E-state index < -0.39 is 11.6 Å². The Morgan fingerprint density at radius 3 is 2.85 bits per heavy atom. The highest BCUT2D eigenvalue weighted by molar-refractivity contribution is 14.0. The van der Waals surface area contributed by atoms with Crippen LogP contribution >= 0.6 is 24.0 Å². The van der Waals surface area contributed by atoms with Gasteiger partial charge in [-0.25, -0.2) is 13.8 Å². The molecular weight excluding hydrogens is 465 g/mol. The molecule has 9 heteroatoms. The maximum Gasteiger partial charge on any atom is 0.191 e. The van der Waals surface area contributed by atoms with Gasteiger partial charge in [0.25, 0.3) is 0 Å². The van der Waals surface area contributed by atoms with Crippen molar-refractivity contribution in [3.63, 3.8) is 0 Å². The Morgan fingerprint density at radius 1 is 1.19 bits per heavy atom. The molecule has 0 saturated carbocycles. The van der Waals surface area contributed by atoms with E-state index in [0.29, 0.717) is 19.0 Å². The highest BCUT2D eigenvalue weighted by Crippen LogP contribution is 2.14. The van der Waals surface area contributed by atoms with Crippen LogP contribution in [0.25, 0.3) is 0 Å². The van der Waals surface area contributed by atoms with E-state index in [1.807, 2.05) is 6.92 Å². The van der Waals surface area contributed by atoms with Gasteiger partial charge in [-0.15, -0.1) is 34.2 Å². The zero-order valence-corrected chi connectivity index (χ0v) is 17.7.